The Morgan fingerprint density at radius 2 is 0.930 bits per heavy atom. The van der Waals surface area contributed by atoms with E-state index in [1.54, 1.807) is 0 Å². The van der Waals surface area contributed by atoms with Crippen molar-refractivity contribution >= 4 is 11.6 Å². The topological polar surface area (TPSA) is 0 Å². The molecular formula is C43H36. The second-order valence-corrected chi connectivity index (χ2v) is 12.4. The summed E-state index contributed by atoms with van der Waals surface area (Å²) >= 11 is 0. The molecule has 0 aromatic heterocycles. The van der Waals surface area contributed by atoms with Gasteiger partial charge in [-0.05, 0) is 92.8 Å². The van der Waals surface area contributed by atoms with Crippen LogP contribution in [0.2, 0.25) is 0 Å². The minimum Gasteiger partial charge on any atom is -0.0619 e. The van der Waals surface area contributed by atoms with Gasteiger partial charge in [0.2, 0.25) is 0 Å². The molecule has 7 rings (SSSR count). The van der Waals surface area contributed by atoms with Crippen LogP contribution in [-0.2, 0) is 5.41 Å². The Hall–Kier alpha value is -4.94. The highest BCUT2D eigenvalue weighted by Crippen LogP contribution is 2.49. The third-order valence-corrected chi connectivity index (χ3v) is 9.08. The summed E-state index contributed by atoms with van der Waals surface area (Å²) in [5.41, 5.74) is 17.8. The third kappa shape index (κ3) is 5.04. The first-order chi connectivity index (χ1) is 20.9. The Labute approximate surface area is 256 Å². The predicted octanol–water partition coefficient (Wildman–Crippen LogP) is 11.5. The fraction of sp³-hybridized carbons (Fsp3) is 0.116. The molecule has 0 amide bonds. The molecule has 0 aliphatic heterocycles. The average molecular weight is 553 g/mol. The number of benzene rings is 6. The van der Waals surface area contributed by atoms with Crippen molar-refractivity contribution in [2.45, 2.75) is 33.1 Å². The summed E-state index contributed by atoms with van der Waals surface area (Å²) in [5.74, 6) is 0. The van der Waals surface area contributed by atoms with Gasteiger partial charge in [-0.1, -0.05) is 158 Å². The van der Waals surface area contributed by atoms with Crippen molar-refractivity contribution in [3.05, 3.63) is 178 Å². The van der Waals surface area contributed by atoms with Crippen molar-refractivity contribution in [1.29, 1.82) is 0 Å². The predicted molar refractivity (Wildman–Crippen MR) is 184 cm³/mol. The molecule has 0 atom stereocenters. The van der Waals surface area contributed by atoms with Crippen LogP contribution in [0.1, 0.15) is 52.8 Å². The number of hydrogen-bond acceptors (Lipinski definition) is 0. The Morgan fingerprint density at radius 1 is 0.465 bits per heavy atom. The molecule has 1 aliphatic rings. The van der Waals surface area contributed by atoms with E-state index in [0.29, 0.717) is 0 Å². The molecule has 43 heavy (non-hydrogen) atoms. The van der Waals surface area contributed by atoms with E-state index in [0.717, 1.165) is 0 Å². The van der Waals surface area contributed by atoms with Crippen molar-refractivity contribution in [3.63, 3.8) is 0 Å². The van der Waals surface area contributed by atoms with E-state index < -0.39 is 0 Å². The quantitative estimate of drug-likeness (QED) is 0.187. The normalized spacial score (nSPS) is 13.4. The maximum absolute atomic E-state index is 2.43. The zero-order valence-corrected chi connectivity index (χ0v) is 25.4. The van der Waals surface area contributed by atoms with E-state index in [9.17, 15) is 0 Å². The summed E-state index contributed by atoms with van der Waals surface area (Å²) in [4.78, 5) is 0. The molecule has 0 unspecified atom stereocenters. The third-order valence-electron chi connectivity index (χ3n) is 9.08. The molecule has 0 saturated carbocycles. The van der Waals surface area contributed by atoms with Crippen LogP contribution < -0.4 is 0 Å². The fourth-order valence-electron chi connectivity index (χ4n) is 6.48. The van der Waals surface area contributed by atoms with Gasteiger partial charge in [0.1, 0.15) is 0 Å². The molecule has 0 radical (unpaired) electrons. The largest absolute Gasteiger partial charge is 0.0619 e. The van der Waals surface area contributed by atoms with Crippen molar-refractivity contribution in [3.8, 4) is 33.4 Å². The highest BCUT2D eigenvalue weighted by Gasteiger charge is 2.35. The molecule has 0 bridgehead atoms. The van der Waals surface area contributed by atoms with E-state index in [1.807, 2.05) is 0 Å². The number of aryl methyl sites for hydroxylation is 2. The van der Waals surface area contributed by atoms with Crippen molar-refractivity contribution in [2.24, 2.45) is 0 Å². The lowest BCUT2D eigenvalue weighted by molar-refractivity contribution is 0.660. The molecule has 0 nitrogen and oxygen atoms in total. The van der Waals surface area contributed by atoms with Crippen LogP contribution in [0.15, 0.2) is 140 Å². The zero-order valence-electron chi connectivity index (χ0n) is 25.4. The lowest BCUT2D eigenvalue weighted by Crippen LogP contribution is -2.15. The van der Waals surface area contributed by atoms with Gasteiger partial charge in [0.25, 0.3) is 0 Å². The van der Waals surface area contributed by atoms with E-state index >= 15 is 0 Å². The second kappa shape index (κ2) is 10.7. The Bertz CT molecular complexity index is 1950. The van der Waals surface area contributed by atoms with E-state index in [2.05, 4.69) is 173 Å². The molecular weight excluding hydrogens is 516 g/mol. The van der Waals surface area contributed by atoms with Gasteiger partial charge in [0.15, 0.2) is 0 Å². The maximum atomic E-state index is 2.43. The second-order valence-electron chi connectivity index (χ2n) is 12.4. The smallest absolute Gasteiger partial charge is 0.0159 e. The van der Waals surface area contributed by atoms with Crippen LogP contribution in [0.5, 0.6) is 0 Å². The van der Waals surface area contributed by atoms with Crippen LogP contribution in [0.25, 0.3) is 45.0 Å². The van der Waals surface area contributed by atoms with Crippen molar-refractivity contribution in [2.75, 3.05) is 0 Å². The van der Waals surface area contributed by atoms with E-state index in [-0.39, 0.29) is 5.41 Å². The molecule has 0 heterocycles. The molecule has 0 N–H and O–H groups in total. The molecule has 0 spiro atoms. The summed E-state index contributed by atoms with van der Waals surface area (Å²) in [6, 6.07) is 51.4. The first-order valence-electron chi connectivity index (χ1n) is 15.2. The van der Waals surface area contributed by atoms with Crippen molar-refractivity contribution < 1.29 is 0 Å². The van der Waals surface area contributed by atoms with Crippen LogP contribution >= 0.6 is 0 Å². The molecule has 0 heteroatoms. The van der Waals surface area contributed by atoms with Gasteiger partial charge < -0.3 is 0 Å². The highest BCUT2D eigenvalue weighted by molar-refractivity contribution is 5.94. The SMILES string of the molecule is Cc1ccc(-c2ccc(C=C(c3ccc(-c4ccc(C)cc4)cc3)c3ccc4c(c3)C(C)(C)c3ccccc3-4)cc2)cc1. The van der Waals surface area contributed by atoms with Gasteiger partial charge in [0.05, 0.1) is 0 Å². The number of fused-ring (bicyclic) bond motifs is 3. The number of rotatable bonds is 5. The molecule has 6 aromatic carbocycles. The van der Waals surface area contributed by atoms with Crippen molar-refractivity contribution in [1.82, 2.24) is 0 Å². The summed E-state index contributed by atoms with van der Waals surface area (Å²) in [6.45, 7) is 8.97. The van der Waals surface area contributed by atoms with Crippen LogP contribution in [0.3, 0.4) is 0 Å². The van der Waals surface area contributed by atoms with Gasteiger partial charge >= 0.3 is 0 Å². The van der Waals surface area contributed by atoms with E-state index in [1.165, 1.54) is 77.9 Å². The summed E-state index contributed by atoms with van der Waals surface area (Å²) < 4.78 is 0. The van der Waals surface area contributed by atoms with Gasteiger partial charge in [-0.25, -0.2) is 0 Å². The molecule has 1 aliphatic carbocycles. The average Bonchev–Trinajstić information content (AvgIpc) is 3.27. The molecule has 0 fully saturated rings. The Morgan fingerprint density at radius 3 is 1.51 bits per heavy atom. The van der Waals surface area contributed by atoms with Crippen LogP contribution in [-0.4, -0.2) is 0 Å². The molecule has 208 valence electrons. The van der Waals surface area contributed by atoms with Crippen LogP contribution in [0, 0.1) is 13.8 Å². The number of hydrogen-bond donors (Lipinski definition) is 0. The lowest BCUT2D eigenvalue weighted by Gasteiger charge is -2.22. The zero-order chi connectivity index (χ0) is 29.6. The summed E-state index contributed by atoms with van der Waals surface area (Å²) in [6.07, 6.45) is 2.34. The van der Waals surface area contributed by atoms with E-state index in [4.69, 9.17) is 0 Å². The Balaban J connectivity index is 1.32. The standard InChI is InChI=1S/C43H36/c1-29-9-15-32(16-10-29)34-19-13-31(14-20-34)27-40(36-23-21-35(22-24-36)33-17-11-30(2)12-18-33)37-25-26-39-38-7-5-6-8-41(38)43(3,4)42(39)28-37/h5-28H,1-4H3. The first kappa shape index (κ1) is 26.9. The van der Waals surface area contributed by atoms with Gasteiger partial charge in [0, 0.05) is 5.41 Å². The lowest BCUT2D eigenvalue weighted by atomic mass is 9.81. The van der Waals surface area contributed by atoms with Crippen LogP contribution in [0.4, 0.5) is 0 Å². The van der Waals surface area contributed by atoms with Gasteiger partial charge in [-0.2, -0.15) is 0 Å². The molecule has 6 aromatic rings. The minimum absolute atomic E-state index is 0.0436. The fourth-order valence-corrected chi connectivity index (χ4v) is 6.48. The van der Waals surface area contributed by atoms with Gasteiger partial charge in [-0.15, -0.1) is 0 Å². The Kier molecular flexibility index (Phi) is 6.71. The highest BCUT2D eigenvalue weighted by atomic mass is 14.4. The molecule has 0 saturated heterocycles. The summed E-state index contributed by atoms with van der Waals surface area (Å²) in [5, 5.41) is 0. The monoisotopic (exact) mass is 552 g/mol. The van der Waals surface area contributed by atoms with Gasteiger partial charge in [-0.3, -0.25) is 0 Å². The summed E-state index contributed by atoms with van der Waals surface area (Å²) in [7, 11) is 0. The maximum Gasteiger partial charge on any atom is 0.0159 e. The minimum atomic E-state index is -0.0436. The first-order valence-corrected chi connectivity index (χ1v) is 15.2.